The molecule has 1 aromatic rings. The van der Waals surface area contributed by atoms with Crippen LogP contribution in [0.15, 0.2) is 22.7 Å². The van der Waals surface area contributed by atoms with Crippen molar-refractivity contribution in [2.24, 2.45) is 10.8 Å². The molecule has 0 saturated heterocycles. The first-order valence-electron chi connectivity index (χ1n) is 5.98. The number of carboxylic acid groups (broad SMARTS) is 1. The van der Waals surface area contributed by atoms with Crippen LogP contribution in [-0.4, -0.2) is 17.1 Å². The molecule has 0 aliphatic heterocycles. The summed E-state index contributed by atoms with van der Waals surface area (Å²) < 4.78 is 0.608. The van der Waals surface area contributed by atoms with Crippen LogP contribution in [0.1, 0.15) is 38.1 Å². The quantitative estimate of drug-likeness (QED) is 0.887. The molecule has 98 valence electrons. The highest BCUT2D eigenvalue weighted by atomic mass is 79.9. The van der Waals surface area contributed by atoms with Crippen LogP contribution in [0.3, 0.4) is 0 Å². The smallest absolute Gasteiger partial charge is 0.338 e. The molecule has 18 heavy (non-hydrogen) atoms. The summed E-state index contributed by atoms with van der Waals surface area (Å²) in [5, 5.41) is 12.6. The lowest BCUT2D eigenvalue weighted by molar-refractivity contribution is 0.0697. The predicted octanol–water partition coefficient (Wildman–Crippen LogP) is 3.99. The highest BCUT2D eigenvalue weighted by Crippen LogP contribution is 2.63. The number of carbonyl (C=O) groups is 1. The number of carboxylic acids is 1. The first kappa shape index (κ1) is 13.4. The van der Waals surface area contributed by atoms with Crippen LogP contribution in [0.2, 0.25) is 0 Å². The topological polar surface area (TPSA) is 49.3 Å². The van der Waals surface area contributed by atoms with Gasteiger partial charge in [-0.15, -0.1) is 0 Å². The van der Waals surface area contributed by atoms with E-state index in [1.54, 1.807) is 6.07 Å². The van der Waals surface area contributed by atoms with Gasteiger partial charge >= 0.3 is 5.97 Å². The molecule has 4 heteroatoms. The van der Waals surface area contributed by atoms with Crippen molar-refractivity contribution in [1.82, 2.24) is 0 Å². The lowest BCUT2D eigenvalue weighted by Crippen LogP contribution is -2.13. The van der Waals surface area contributed by atoms with Crippen molar-refractivity contribution < 1.29 is 9.90 Å². The van der Waals surface area contributed by atoms with Crippen LogP contribution < -0.4 is 5.32 Å². The third-order valence-electron chi connectivity index (χ3n) is 4.55. The average Bonchev–Trinajstić information content (AvgIpc) is 2.60. The normalized spacial score (nSPS) is 20.5. The van der Waals surface area contributed by atoms with E-state index in [0.717, 1.165) is 0 Å². The molecule has 3 nitrogen and oxygen atoms in total. The van der Waals surface area contributed by atoms with Crippen molar-refractivity contribution in [2.45, 2.75) is 33.7 Å². The summed E-state index contributed by atoms with van der Waals surface area (Å²) in [5.74, 6) is -0.916. The summed E-state index contributed by atoms with van der Waals surface area (Å²) >= 11 is 3.29. The largest absolute Gasteiger partial charge is 0.478 e. The molecule has 1 fully saturated rings. The summed E-state index contributed by atoms with van der Waals surface area (Å²) in [6.45, 7) is 8.79. The lowest BCUT2D eigenvalue weighted by atomic mass is 10.0. The third-order valence-corrected chi connectivity index (χ3v) is 5.21. The van der Waals surface area contributed by atoms with Gasteiger partial charge in [0.15, 0.2) is 0 Å². The Morgan fingerprint density at radius 3 is 2.28 bits per heavy atom. The summed E-state index contributed by atoms with van der Waals surface area (Å²) in [6, 6.07) is 5.70. The number of rotatable bonds is 3. The van der Waals surface area contributed by atoms with Crippen molar-refractivity contribution in [1.29, 1.82) is 0 Å². The zero-order chi connectivity index (χ0) is 13.7. The Balaban J connectivity index is 2.32. The Labute approximate surface area is 116 Å². The van der Waals surface area contributed by atoms with E-state index in [2.05, 4.69) is 48.9 Å². The van der Waals surface area contributed by atoms with E-state index < -0.39 is 5.97 Å². The second-order valence-corrected chi connectivity index (χ2v) is 6.84. The van der Waals surface area contributed by atoms with Gasteiger partial charge in [-0.2, -0.15) is 0 Å². The number of hydrogen-bond acceptors (Lipinski definition) is 2. The van der Waals surface area contributed by atoms with Crippen LogP contribution in [0.25, 0.3) is 0 Å². The average molecular weight is 312 g/mol. The summed E-state index contributed by atoms with van der Waals surface area (Å²) in [5.41, 5.74) is 1.33. The number of hydrogen-bond donors (Lipinski definition) is 2. The highest BCUT2D eigenvalue weighted by molar-refractivity contribution is 9.10. The van der Waals surface area contributed by atoms with Gasteiger partial charge < -0.3 is 10.4 Å². The van der Waals surface area contributed by atoms with E-state index in [9.17, 15) is 9.90 Å². The van der Waals surface area contributed by atoms with Crippen LogP contribution in [-0.2, 0) is 0 Å². The molecule has 2 rings (SSSR count). The Bertz CT molecular complexity index is 495. The molecule has 0 bridgehead atoms. The number of aromatic carboxylic acids is 1. The van der Waals surface area contributed by atoms with E-state index in [1.165, 1.54) is 0 Å². The second kappa shape index (κ2) is 3.98. The fraction of sp³-hybridized carbons (Fsp3) is 0.500. The van der Waals surface area contributed by atoms with Gasteiger partial charge in [-0.05, 0) is 38.9 Å². The van der Waals surface area contributed by atoms with Crippen LogP contribution >= 0.6 is 15.9 Å². The first-order valence-corrected chi connectivity index (χ1v) is 6.77. The molecule has 0 atom stereocenters. The van der Waals surface area contributed by atoms with E-state index >= 15 is 0 Å². The van der Waals surface area contributed by atoms with Gasteiger partial charge in [0, 0.05) is 10.5 Å². The molecule has 0 heterocycles. The Morgan fingerprint density at radius 2 is 1.83 bits per heavy atom. The molecule has 0 radical (unpaired) electrons. The summed E-state index contributed by atoms with van der Waals surface area (Å²) in [4.78, 5) is 11.3. The fourth-order valence-electron chi connectivity index (χ4n) is 2.57. The number of halogens is 1. The molecule has 0 amide bonds. The zero-order valence-corrected chi connectivity index (χ0v) is 12.6. The lowest BCUT2D eigenvalue weighted by Gasteiger charge is -2.12. The Morgan fingerprint density at radius 1 is 1.28 bits per heavy atom. The molecular formula is C14H18BrNO2. The fourth-order valence-corrected chi connectivity index (χ4v) is 3.11. The molecule has 0 aromatic heterocycles. The Hall–Kier alpha value is -1.03. The SMILES string of the molecule is CC1(C)C(Nc2cccc(Br)c2C(=O)O)C1(C)C. The number of benzene rings is 1. The molecule has 1 aliphatic rings. The molecule has 0 unspecified atom stereocenters. The zero-order valence-electron chi connectivity index (χ0n) is 11.0. The van der Waals surface area contributed by atoms with E-state index in [1.807, 2.05) is 12.1 Å². The number of nitrogens with one attached hydrogen (secondary N) is 1. The molecule has 0 spiro atoms. The summed E-state index contributed by atoms with van der Waals surface area (Å²) in [6.07, 6.45) is 0. The van der Waals surface area contributed by atoms with Crippen LogP contribution in [0.4, 0.5) is 5.69 Å². The van der Waals surface area contributed by atoms with Crippen LogP contribution in [0, 0.1) is 10.8 Å². The maximum atomic E-state index is 11.3. The number of anilines is 1. The molecule has 1 aromatic carbocycles. The minimum Gasteiger partial charge on any atom is -0.478 e. The monoisotopic (exact) mass is 311 g/mol. The van der Waals surface area contributed by atoms with Crippen molar-refractivity contribution in [3.63, 3.8) is 0 Å². The maximum absolute atomic E-state index is 11.3. The second-order valence-electron chi connectivity index (χ2n) is 5.99. The standard InChI is InChI=1S/C14H18BrNO2/c1-13(2)12(14(13,3)4)16-9-7-5-6-8(15)10(9)11(17)18/h5-7,12,16H,1-4H3,(H,17,18). The molecule has 1 saturated carbocycles. The Kier molecular flexibility index (Phi) is 2.97. The highest BCUT2D eigenvalue weighted by Gasteiger charge is 2.65. The van der Waals surface area contributed by atoms with Gasteiger partial charge in [0.05, 0.1) is 11.3 Å². The minimum atomic E-state index is -0.916. The van der Waals surface area contributed by atoms with E-state index in [0.29, 0.717) is 15.7 Å². The van der Waals surface area contributed by atoms with E-state index in [4.69, 9.17) is 0 Å². The van der Waals surface area contributed by atoms with Crippen LogP contribution in [0.5, 0.6) is 0 Å². The van der Waals surface area contributed by atoms with Gasteiger partial charge in [-0.3, -0.25) is 0 Å². The van der Waals surface area contributed by atoms with Gasteiger partial charge in [-0.1, -0.05) is 33.8 Å². The van der Waals surface area contributed by atoms with Gasteiger partial charge in [0.2, 0.25) is 0 Å². The maximum Gasteiger partial charge on any atom is 0.338 e. The van der Waals surface area contributed by atoms with Crippen molar-refractivity contribution in [3.05, 3.63) is 28.2 Å². The van der Waals surface area contributed by atoms with Crippen molar-refractivity contribution in [2.75, 3.05) is 5.32 Å². The van der Waals surface area contributed by atoms with Crippen molar-refractivity contribution in [3.8, 4) is 0 Å². The first-order chi connectivity index (χ1) is 8.19. The van der Waals surface area contributed by atoms with Gasteiger partial charge in [0.25, 0.3) is 0 Å². The molecule has 2 N–H and O–H groups in total. The third kappa shape index (κ3) is 1.83. The van der Waals surface area contributed by atoms with Gasteiger partial charge in [-0.25, -0.2) is 4.79 Å². The van der Waals surface area contributed by atoms with Gasteiger partial charge in [0.1, 0.15) is 0 Å². The molecular weight excluding hydrogens is 294 g/mol. The predicted molar refractivity (Wildman–Crippen MR) is 76.1 cm³/mol. The summed E-state index contributed by atoms with van der Waals surface area (Å²) in [7, 11) is 0. The van der Waals surface area contributed by atoms with E-state index in [-0.39, 0.29) is 16.9 Å². The molecule has 1 aliphatic carbocycles. The van der Waals surface area contributed by atoms with Crippen molar-refractivity contribution >= 4 is 27.6 Å². The minimum absolute atomic E-state index is 0.172.